The van der Waals surface area contributed by atoms with Crippen LogP contribution in [0.5, 0.6) is 5.75 Å². The van der Waals surface area contributed by atoms with Gasteiger partial charge in [-0.2, -0.15) is 0 Å². The zero-order chi connectivity index (χ0) is 11.3. The summed E-state index contributed by atoms with van der Waals surface area (Å²) in [5, 5.41) is 1.13. The van der Waals surface area contributed by atoms with E-state index in [1.54, 1.807) is 7.11 Å². The lowest BCUT2D eigenvalue weighted by molar-refractivity contribution is 0.0991. The Kier molecular flexibility index (Phi) is 2.20. The number of aromatic nitrogens is 1. The van der Waals surface area contributed by atoms with Crippen molar-refractivity contribution in [3.8, 4) is 5.75 Å². The first kappa shape index (κ1) is 10.1. The molecule has 0 atom stereocenters. The van der Waals surface area contributed by atoms with Crippen molar-refractivity contribution in [2.75, 3.05) is 7.11 Å². The van der Waals surface area contributed by atoms with Crippen molar-refractivity contribution in [2.45, 2.75) is 12.8 Å². The topological polar surface area (TPSA) is 42.1 Å². The number of fused-ring (bicyclic) bond motifs is 3. The highest BCUT2D eigenvalue weighted by Crippen LogP contribution is 2.35. The molecule has 0 fully saturated rings. The monoisotopic (exact) mass is 327 g/mol. The molecular formula is C12H10INO2. The van der Waals surface area contributed by atoms with Gasteiger partial charge in [-0.05, 0) is 46.7 Å². The van der Waals surface area contributed by atoms with Gasteiger partial charge in [0, 0.05) is 15.4 Å². The van der Waals surface area contributed by atoms with E-state index in [4.69, 9.17) is 4.74 Å². The molecule has 0 radical (unpaired) electrons. The molecule has 0 aliphatic heterocycles. The van der Waals surface area contributed by atoms with Crippen LogP contribution in [0.25, 0.3) is 10.9 Å². The van der Waals surface area contributed by atoms with Crippen molar-refractivity contribution in [3.63, 3.8) is 0 Å². The normalized spacial score (nSPS) is 14.5. The summed E-state index contributed by atoms with van der Waals surface area (Å²) in [5.41, 5.74) is 2.87. The molecule has 82 valence electrons. The molecule has 16 heavy (non-hydrogen) atoms. The molecule has 0 spiro atoms. The number of ketones is 1. The lowest BCUT2D eigenvalue weighted by atomic mass is 10.1. The number of H-pyrrole nitrogens is 1. The molecule has 0 bridgehead atoms. The van der Waals surface area contributed by atoms with E-state index in [0.29, 0.717) is 6.42 Å². The van der Waals surface area contributed by atoms with Crippen LogP contribution in [0.15, 0.2) is 12.1 Å². The highest BCUT2D eigenvalue weighted by Gasteiger charge is 2.25. The van der Waals surface area contributed by atoms with Crippen molar-refractivity contribution in [1.82, 2.24) is 4.98 Å². The van der Waals surface area contributed by atoms with Gasteiger partial charge < -0.3 is 9.72 Å². The van der Waals surface area contributed by atoms with E-state index >= 15 is 0 Å². The van der Waals surface area contributed by atoms with Gasteiger partial charge in [-0.25, -0.2) is 0 Å². The number of carbonyl (C=O) groups excluding carboxylic acids is 1. The second-order valence-electron chi connectivity index (χ2n) is 3.93. The van der Waals surface area contributed by atoms with Crippen molar-refractivity contribution in [2.24, 2.45) is 0 Å². The molecule has 0 amide bonds. The average Bonchev–Trinajstić information content (AvgIpc) is 2.79. The van der Waals surface area contributed by atoms with Crippen LogP contribution in [0.1, 0.15) is 22.5 Å². The van der Waals surface area contributed by atoms with E-state index < -0.39 is 0 Å². The van der Waals surface area contributed by atoms with Gasteiger partial charge in [-0.1, -0.05) is 0 Å². The van der Waals surface area contributed by atoms with Gasteiger partial charge in [0.2, 0.25) is 0 Å². The van der Waals surface area contributed by atoms with Crippen LogP contribution in [0.4, 0.5) is 0 Å². The third-order valence-corrected chi connectivity index (χ3v) is 3.67. The predicted molar refractivity (Wildman–Crippen MR) is 70.2 cm³/mol. The summed E-state index contributed by atoms with van der Waals surface area (Å²) in [4.78, 5) is 14.8. The van der Waals surface area contributed by atoms with E-state index in [2.05, 4.69) is 33.6 Å². The van der Waals surface area contributed by atoms with E-state index in [9.17, 15) is 4.79 Å². The van der Waals surface area contributed by atoms with Gasteiger partial charge in [0.1, 0.15) is 5.75 Å². The largest absolute Gasteiger partial charge is 0.495 e. The molecule has 3 nitrogen and oxygen atoms in total. The lowest BCUT2D eigenvalue weighted by Crippen LogP contribution is -1.92. The van der Waals surface area contributed by atoms with Crippen molar-refractivity contribution in [1.29, 1.82) is 0 Å². The summed E-state index contributed by atoms with van der Waals surface area (Å²) >= 11 is 2.27. The number of hydrogen-bond acceptors (Lipinski definition) is 2. The molecule has 1 aliphatic rings. The SMILES string of the molecule is COc1cc(I)cc2c3c([nH]c12)C(=O)CC3. The van der Waals surface area contributed by atoms with Crippen molar-refractivity contribution >= 4 is 39.3 Å². The number of carbonyl (C=O) groups is 1. The number of benzene rings is 1. The third kappa shape index (κ3) is 1.29. The van der Waals surface area contributed by atoms with Gasteiger partial charge in [-0.15, -0.1) is 0 Å². The number of rotatable bonds is 1. The first-order valence-corrected chi connectivity index (χ1v) is 6.20. The van der Waals surface area contributed by atoms with Gasteiger partial charge in [0.05, 0.1) is 18.3 Å². The van der Waals surface area contributed by atoms with E-state index in [1.807, 2.05) is 6.07 Å². The van der Waals surface area contributed by atoms with Gasteiger partial charge in [0.25, 0.3) is 0 Å². The Morgan fingerprint density at radius 1 is 1.38 bits per heavy atom. The zero-order valence-corrected chi connectivity index (χ0v) is 10.9. The van der Waals surface area contributed by atoms with Crippen LogP contribution in [0.3, 0.4) is 0 Å². The van der Waals surface area contributed by atoms with Crippen LogP contribution in [-0.4, -0.2) is 17.9 Å². The lowest BCUT2D eigenvalue weighted by Gasteiger charge is -2.03. The minimum absolute atomic E-state index is 0.211. The van der Waals surface area contributed by atoms with Crippen LogP contribution < -0.4 is 4.74 Å². The number of halogens is 1. The molecule has 0 saturated carbocycles. The van der Waals surface area contributed by atoms with Crippen LogP contribution in [0.2, 0.25) is 0 Å². The number of aryl methyl sites for hydroxylation is 1. The molecule has 1 aromatic carbocycles. The van der Waals surface area contributed by atoms with E-state index in [1.165, 1.54) is 0 Å². The first-order chi connectivity index (χ1) is 7.70. The molecule has 3 rings (SSSR count). The molecule has 1 aromatic heterocycles. The van der Waals surface area contributed by atoms with E-state index in [0.717, 1.165) is 37.9 Å². The van der Waals surface area contributed by atoms with Crippen LogP contribution in [0, 0.1) is 3.57 Å². The molecule has 0 unspecified atom stereocenters. The molecular weight excluding hydrogens is 317 g/mol. The average molecular weight is 327 g/mol. The van der Waals surface area contributed by atoms with Gasteiger partial charge in [-0.3, -0.25) is 4.79 Å². The van der Waals surface area contributed by atoms with E-state index in [-0.39, 0.29) is 5.78 Å². The fourth-order valence-electron chi connectivity index (χ4n) is 2.31. The molecule has 0 saturated heterocycles. The Morgan fingerprint density at radius 3 is 2.94 bits per heavy atom. The Labute approximate surface area is 106 Å². The summed E-state index contributed by atoms with van der Waals surface area (Å²) in [5.74, 6) is 1.02. The maximum atomic E-state index is 11.6. The summed E-state index contributed by atoms with van der Waals surface area (Å²) in [6, 6.07) is 4.07. The second-order valence-corrected chi connectivity index (χ2v) is 5.18. The number of methoxy groups -OCH3 is 1. The van der Waals surface area contributed by atoms with Gasteiger partial charge in [0.15, 0.2) is 5.78 Å². The fourth-order valence-corrected chi connectivity index (χ4v) is 2.90. The van der Waals surface area contributed by atoms with Crippen molar-refractivity contribution < 1.29 is 9.53 Å². The third-order valence-electron chi connectivity index (χ3n) is 3.04. The molecule has 4 heteroatoms. The number of aromatic amines is 1. The Bertz CT molecular complexity index is 601. The smallest absolute Gasteiger partial charge is 0.179 e. The Hall–Kier alpha value is -1.04. The highest BCUT2D eigenvalue weighted by molar-refractivity contribution is 14.1. The molecule has 1 N–H and O–H groups in total. The summed E-state index contributed by atoms with van der Waals surface area (Å²) < 4.78 is 6.46. The van der Waals surface area contributed by atoms with Crippen LogP contribution >= 0.6 is 22.6 Å². The second kappa shape index (κ2) is 3.48. The summed E-state index contributed by atoms with van der Waals surface area (Å²) in [6.45, 7) is 0. The zero-order valence-electron chi connectivity index (χ0n) is 8.76. The minimum Gasteiger partial charge on any atom is -0.495 e. The predicted octanol–water partition coefficient (Wildman–Crippen LogP) is 2.91. The van der Waals surface area contributed by atoms with Crippen molar-refractivity contribution in [3.05, 3.63) is 27.0 Å². The summed E-state index contributed by atoms with van der Waals surface area (Å²) in [7, 11) is 1.65. The maximum Gasteiger partial charge on any atom is 0.179 e. The maximum absolute atomic E-state index is 11.6. The minimum atomic E-state index is 0.211. The Balaban J connectivity index is 2.40. The number of hydrogen-bond donors (Lipinski definition) is 1. The highest BCUT2D eigenvalue weighted by atomic mass is 127. The standard InChI is InChI=1S/C12H10INO2/c1-16-10-5-6(13)4-8-7-2-3-9(15)11(7)14-12(8)10/h4-5,14H,2-3H2,1H3. The van der Waals surface area contributed by atoms with Crippen LogP contribution in [-0.2, 0) is 6.42 Å². The van der Waals surface area contributed by atoms with Gasteiger partial charge >= 0.3 is 0 Å². The molecule has 1 heterocycles. The quantitative estimate of drug-likeness (QED) is 0.819. The molecule has 2 aromatic rings. The number of ether oxygens (including phenoxy) is 1. The summed E-state index contributed by atoms with van der Waals surface area (Å²) in [6.07, 6.45) is 1.47. The number of nitrogens with one attached hydrogen (secondary N) is 1. The Morgan fingerprint density at radius 2 is 2.19 bits per heavy atom. The number of Topliss-reactive ketones (excluding diaryl/α,β-unsaturated/α-hetero) is 1. The fraction of sp³-hybridized carbons (Fsp3) is 0.250. The first-order valence-electron chi connectivity index (χ1n) is 5.12. The molecule has 1 aliphatic carbocycles.